The molecule has 8 heteroatoms. The number of carbonyl (C=O) groups excluding carboxylic acids is 2. The molecule has 0 saturated carbocycles. The first-order valence-electron chi connectivity index (χ1n) is 9.01. The van der Waals surface area contributed by atoms with E-state index in [-0.39, 0.29) is 29.0 Å². The summed E-state index contributed by atoms with van der Waals surface area (Å²) in [5.74, 6) is -1.41. The molecule has 0 unspecified atom stereocenters. The van der Waals surface area contributed by atoms with E-state index in [0.717, 1.165) is 12.1 Å². The fraction of sp³-hybridized carbons (Fsp3) is 0.182. The predicted molar refractivity (Wildman–Crippen MR) is 108 cm³/mol. The van der Waals surface area contributed by atoms with Gasteiger partial charge in [0.25, 0.3) is 5.91 Å². The Hall–Kier alpha value is -3.06. The number of rotatable bonds is 4. The van der Waals surface area contributed by atoms with Crippen molar-refractivity contribution in [3.63, 3.8) is 0 Å². The summed E-state index contributed by atoms with van der Waals surface area (Å²) in [6.07, 6.45) is -3.54. The lowest BCUT2D eigenvalue weighted by molar-refractivity contribution is -0.138. The molecule has 0 N–H and O–H groups in total. The minimum atomic E-state index is -4.62. The monoisotopic (exact) mass is 435 g/mol. The highest BCUT2D eigenvalue weighted by atomic mass is 35.5. The molecule has 3 rings (SSSR count). The maximum Gasteiger partial charge on any atom is 0.416 e. The Morgan fingerprint density at radius 2 is 1.77 bits per heavy atom. The maximum atomic E-state index is 13.4. The second-order valence-electron chi connectivity index (χ2n) is 6.44. The average Bonchev–Trinajstić information content (AvgIpc) is 2.92. The van der Waals surface area contributed by atoms with Crippen molar-refractivity contribution < 1.29 is 27.5 Å². The topological polar surface area (TPSA) is 46.6 Å². The zero-order valence-corrected chi connectivity index (χ0v) is 16.8. The molecule has 0 saturated heterocycles. The molecular formula is C22H17ClF3NO3. The summed E-state index contributed by atoms with van der Waals surface area (Å²) in [6.45, 7) is 3.19. The predicted octanol–water partition coefficient (Wildman–Crippen LogP) is 5.63. The lowest BCUT2D eigenvalue weighted by Gasteiger charge is -2.18. The van der Waals surface area contributed by atoms with E-state index < -0.39 is 23.6 Å². The first-order chi connectivity index (χ1) is 14.1. The number of alkyl halides is 3. The SMILES string of the molecule is CCOC(=O)C1=C(C)N(c2ccc(Cl)cc2)C(=O)/C1=C\c1ccccc1C(F)(F)F. The summed E-state index contributed by atoms with van der Waals surface area (Å²) < 4.78 is 45.3. The number of carbonyl (C=O) groups is 2. The number of esters is 1. The van der Waals surface area contributed by atoms with Gasteiger partial charge in [-0.3, -0.25) is 9.69 Å². The molecule has 2 aromatic carbocycles. The van der Waals surface area contributed by atoms with E-state index >= 15 is 0 Å². The van der Waals surface area contributed by atoms with Gasteiger partial charge in [-0.15, -0.1) is 0 Å². The smallest absolute Gasteiger partial charge is 0.416 e. The Morgan fingerprint density at radius 1 is 1.13 bits per heavy atom. The average molecular weight is 436 g/mol. The molecule has 0 radical (unpaired) electrons. The lowest BCUT2D eigenvalue weighted by Crippen LogP contribution is -2.24. The minimum Gasteiger partial charge on any atom is -0.462 e. The Balaban J connectivity index is 2.18. The molecule has 0 bridgehead atoms. The van der Waals surface area contributed by atoms with Gasteiger partial charge in [-0.25, -0.2) is 4.79 Å². The van der Waals surface area contributed by atoms with Crippen molar-refractivity contribution in [2.45, 2.75) is 20.0 Å². The van der Waals surface area contributed by atoms with E-state index in [1.54, 1.807) is 31.2 Å². The number of anilines is 1. The molecule has 1 aliphatic rings. The van der Waals surface area contributed by atoms with E-state index in [2.05, 4.69) is 0 Å². The third-order valence-electron chi connectivity index (χ3n) is 4.53. The minimum absolute atomic E-state index is 0.0527. The van der Waals surface area contributed by atoms with Gasteiger partial charge in [0.2, 0.25) is 0 Å². The highest BCUT2D eigenvalue weighted by Gasteiger charge is 2.39. The zero-order valence-electron chi connectivity index (χ0n) is 16.1. The summed E-state index contributed by atoms with van der Waals surface area (Å²) >= 11 is 5.90. The molecule has 1 amide bonds. The molecule has 1 heterocycles. The van der Waals surface area contributed by atoms with Crippen molar-refractivity contribution in [2.24, 2.45) is 0 Å². The molecule has 30 heavy (non-hydrogen) atoms. The molecule has 2 aromatic rings. The Kier molecular flexibility index (Phi) is 6.03. The Morgan fingerprint density at radius 3 is 2.37 bits per heavy atom. The number of nitrogens with zero attached hydrogens (tertiary/aromatic N) is 1. The number of amides is 1. The van der Waals surface area contributed by atoms with Crippen molar-refractivity contribution in [3.8, 4) is 0 Å². The zero-order chi connectivity index (χ0) is 22.1. The van der Waals surface area contributed by atoms with E-state index in [0.29, 0.717) is 10.7 Å². The van der Waals surface area contributed by atoms with E-state index in [4.69, 9.17) is 16.3 Å². The standard InChI is InChI=1S/C22H17ClF3NO3/c1-3-30-21(29)19-13(2)27(16-10-8-15(23)9-11-16)20(28)17(19)12-14-6-4-5-7-18(14)22(24,25)26/h4-12H,3H2,1-2H3/b17-12-. The third kappa shape index (κ3) is 4.11. The van der Waals surface area contributed by atoms with Crippen LogP contribution in [0, 0.1) is 0 Å². The molecule has 1 aliphatic heterocycles. The van der Waals surface area contributed by atoms with Gasteiger partial charge >= 0.3 is 12.1 Å². The second kappa shape index (κ2) is 8.36. The van der Waals surface area contributed by atoms with E-state index in [9.17, 15) is 22.8 Å². The van der Waals surface area contributed by atoms with Crippen molar-refractivity contribution in [1.29, 1.82) is 0 Å². The lowest BCUT2D eigenvalue weighted by atomic mass is 10.00. The molecule has 156 valence electrons. The Bertz CT molecular complexity index is 1060. The molecule has 0 spiro atoms. The van der Waals surface area contributed by atoms with Crippen LogP contribution in [0.4, 0.5) is 18.9 Å². The number of hydrogen-bond donors (Lipinski definition) is 0. The summed E-state index contributed by atoms with van der Waals surface area (Å²) in [7, 11) is 0. The van der Waals surface area contributed by atoms with Gasteiger partial charge in [0.05, 0.1) is 23.3 Å². The van der Waals surface area contributed by atoms with Gasteiger partial charge in [-0.1, -0.05) is 29.8 Å². The van der Waals surface area contributed by atoms with Gasteiger partial charge < -0.3 is 4.74 Å². The van der Waals surface area contributed by atoms with Crippen molar-refractivity contribution >= 4 is 35.2 Å². The number of hydrogen-bond acceptors (Lipinski definition) is 3. The number of allylic oxidation sites excluding steroid dienone is 1. The largest absolute Gasteiger partial charge is 0.462 e. The van der Waals surface area contributed by atoms with Gasteiger partial charge in [-0.2, -0.15) is 13.2 Å². The first kappa shape index (κ1) is 21.6. The number of ether oxygens (including phenoxy) is 1. The van der Waals surface area contributed by atoms with Crippen LogP contribution in [-0.4, -0.2) is 18.5 Å². The van der Waals surface area contributed by atoms with Crippen molar-refractivity contribution in [3.05, 3.63) is 81.5 Å². The van der Waals surface area contributed by atoms with Crippen LogP contribution < -0.4 is 4.90 Å². The van der Waals surface area contributed by atoms with Crippen LogP contribution in [0.1, 0.15) is 25.0 Å². The van der Waals surface area contributed by atoms with Crippen LogP contribution in [0.25, 0.3) is 6.08 Å². The van der Waals surface area contributed by atoms with Gasteiger partial charge in [-0.05, 0) is 55.8 Å². The highest BCUT2D eigenvalue weighted by molar-refractivity contribution is 6.30. The van der Waals surface area contributed by atoms with E-state index in [1.165, 1.54) is 30.0 Å². The van der Waals surface area contributed by atoms with Crippen LogP contribution in [0.5, 0.6) is 0 Å². The highest BCUT2D eigenvalue weighted by Crippen LogP contribution is 2.38. The van der Waals surface area contributed by atoms with Crippen molar-refractivity contribution in [1.82, 2.24) is 0 Å². The molecule has 4 nitrogen and oxygen atoms in total. The van der Waals surface area contributed by atoms with Gasteiger partial charge in [0.1, 0.15) is 0 Å². The maximum absolute atomic E-state index is 13.4. The fourth-order valence-electron chi connectivity index (χ4n) is 3.22. The quantitative estimate of drug-likeness (QED) is 0.462. The summed E-state index contributed by atoms with van der Waals surface area (Å²) in [5, 5.41) is 0.451. The molecule has 0 aliphatic carbocycles. The van der Waals surface area contributed by atoms with Crippen LogP contribution >= 0.6 is 11.6 Å². The molecule has 0 aromatic heterocycles. The summed E-state index contributed by atoms with van der Waals surface area (Å²) in [6, 6.07) is 11.2. The van der Waals surface area contributed by atoms with Crippen LogP contribution in [0.3, 0.4) is 0 Å². The number of halogens is 4. The van der Waals surface area contributed by atoms with Crippen LogP contribution in [0.2, 0.25) is 5.02 Å². The first-order valence-corrected chi connectivity index (χ1v) is 9.39. The molecule has 0 fully saturated rings. The van der Waals surface area contributed by atoms with Crippen molar-refractivity contribution in [2.75, 3.05) is 11.5 Å². The fourth-order valence-corrected chi connectivity index (χ4v) is 3.34. The van der Waals surface area contributed by atoms with Gasteiger partial charge in [0, 0.05) is 16.4 Å². The molecule has 0 atom stereocenters. The summed E-state index contributed by atoms with van der Waals surface area (Å²) in [4.78, 5) is 27.0. The van der Waals surface area contributed by atoms with E-state index in [1.807, 2.05) is 0 Å². The van der Waals surface area contributed by atoms with Gasteiger partial charge in [0.15, 0.2) is 0 Å². The third-order valence-corrected chi connectivity index (χ3v) is 4.78. The number of benzene rings is 2. The molecular weight excluding hydrogens is 419 g/mol. The normalized spacial score (nSPS) is 15.9. The van der Waals surface area contributed by atoms with Crippen LogP contribution in [0.15, 0.2) is 65.4 Å². The Labute approximate surface area is 176 Å². The summed E-state index contributed by atoms with van der Waals surface area (Å²) in [5.41, 5.74) is -0.684. The van der Waals surface area contributed by atoms with Crippen LogP contribution in [-0.2, 0) is 20.5 Å². The second-order valence-corrected chi connectivity index (χ2v) is 6.88.